The van der Waals surface area contributed by atoms with E-state index < -0.39 is 10.0 Å². The summed E-state index contributed by atoms with van der Waals surface area (Å²) in [5.41, 5.74) is 3.44. The largest absolute Gasteiger partial charge is 0.312 e. The van der Waals surface area contributed by atoms with E-state index in [0.717, 1.165) is 36.1 Å². The molecule has 0 unspecified atom stereocenters. The van der Waals surface area contributed by atoms with E-state index in [1.807, 2.05) is 30.0 Å². The summed E-state index contributed by atoms with van der Waals surface area (Å²) in [5, 5.41) is 0. The lowest BCUT2D eigenvalue weighted by atomic mass is 9.84. The molecule has 1 aliphatic carbocycles. The summed E-state index contributed by atoms with van der Waals surface area (Å²) in [5.74, 6) is 0.333. The van der Waals surface area contributed by atoms with Gasteiger partial charge in [-0.1, -0.05) is 18.6 Å². The van der Waals surface area contributed by atoms with Crippen molar-refractivity contribution >= 4 is 27.3 Å². The topological polar surface area (TPSA) is 57.7 Å². The van der Waals surface area contributed by atoms with Gasteiger partial charge in [0, 0.05) is 25.2 Å². The zero-order chi connectivity index (χ0) is 19.2. The van der Waals surface area contributed by atoms with Gasteiger partial charge in [0.25, 0.3) is 10.0 Å². The first-order chi connectivity index (χ1) is 12.9. The number of carbonyl (C=O) groups is 1. The molecule has 1 fully saturated rings. The smallest absolute Gasteiger partial charge is 0.264 e. The lowest BCUT2D eigenvalue weighted by Crippen LogP contribution is -2.37. The Morgan fingerprint density at radius 2 is 1.93 bits per heavy atom. The number of amides is 1. The lowest BCUT2D eigenvalue weighted by Gasteiger charge is -2.29. The van der Waals surface area contributed by atoms with Crippen LogP contribution in [0.3, 0.4) is 0 Å². The summed E-state index contributed by atoms with van der Waals surface area (Å²) in [7, 11) is -2.07. The van der Waals surface area contributed by atoms with E-state index in [-0.39, 0.29) is 16.7 Å². The molecule has 0 N–H and O–H groups in total. The molecule has 0 radical (unpaired) electrons. The standard InChI is InChI=1S/C21H24N2O3S/c1-15-5-3-8-18(13-15)22(2)27(25,26)19-9-10-20-17(14-19)11-12-23(20)21(24)16-6-4-7-16/h3,5,8-10,13-14,16H,4,6-7,11-12H2,1-2H3. The Morgan fingerprint density at radius 1 is 1.15 bits per heavy atom. The van der Waals surface area contributed by atoms with Gasteiger partial charge in [0.1, 0.15) is 0 Å². The molecule has 0 bridgehead atoms. The molecular weight excluding hydrogens is 360 g/mol. The Hall–Kier alpha value is -2.34. The maximum atomic E-state index is 13.1. The number of hydrogen-bond acceptors (Lipinski definition) is 3. The van der Waals surface area contributed by atoms with E-state index in [0.29, 0.717) is 18.7 Å². The molecule has 0 aromatic heterocycles. The van der Waals surface area contributed by atoms with Crippen LogP contribution in [0.1, 0.15) is 30.4 Å². The Labute approximate surface area is 160 Å². The summed E-state index contributed by atoms with van der Waals surface area (Å²) < 4.78 is 27.4. The third-order valence-electron chi connectivity index (χ3n) is 5.69. The van der Waals surface area contributed by atoms with Crippen LogP contribution in [-0.2, 0) is 21.2 Å². The molecule has 2 aromatic rings. The van der Waals surface area contributed by atoms with Gasteiger partial charge in [-0.05, 0) is 67.6 Å². The zero-order valence-corrected chi connectivity index (χ0v) is 16.5. The highest BCUT2D eigenvalue weighted by atomic mass is 32.2. The Morgan fingerprint density at radius 3 is 2.59 bits per heavy atom. The van der Waals surface area contributed by atoms with Crippen LogP contribution in [0.25, 0.3) is 0 Å². The third-order valence-corrected chi connectivity index (χ3v) is 7.47. The highest BCUT2D eigenvalue weighted by molar-refractivity contribution is 7.92. The SMILES string of the molecule is Cc1cccc(N(C)S(=O)(=O)c2ccc3c(c2)CCN3C(=O)C2CCC2)c1. The molecule has 0 spiro atoms. The molecule has 6 heteroatoms. The first kappa shape index (κ1) is 18.0. The van der Waals surface area contributed by atoms with Crippen molar-refractivity contribution in [1.82, 2.24) is 0 Å². The van der Waals surface area contributed by atoms with E-state index in [2.05, 4.69) is 0 Å². The Balaban J connectivity index is 1.62. The lowest BCUT2D eigenvalue weighted by molar-refractivity contribution is -0.124. The van der Waals surface area contributed by atoms with Gasteiger partial charge in [0.2, 0.25) is 5.91 Å². The second kappa shape index (κ2) is 6.68. The van der Waals surface area contributed by atoms with Gasteiger partial charge in [-0.3, -0.25) is 9.10 Å². The van der Waals surface area contributed by atoms with E-state index in [4.69, 9.17) is 0 Å². The van der Waals surface area contributed by atoms with Gasteiger partial charge in [0.15, 0.2) is 0 Å². The monoisotopic (exact) mass is 384 g/mol. The molecule has 2 aliphatic rings. The highest BCUT2D eigenvalue weighted by Crippen LogP contribution is 2.36. The Bertz CT molecular complexity index is 996. The van der Waals surface area contributed by atoms with Crippen molar-refractivity contribution in [3.63, 3.8) is 0 Å². The molecule has 1 heterocycles. The predicted molar refractivity (Wildman–Crippen MR) is 107 cm³/mol. The molecule has 1 aliphatic heterocycles. The van der Waals surface area contributed by atoms with Gasteiger partial charge >= 0.3 is 0 Å². The minimum atomic E-state index is -3.65. The minimum Gasteiger partial charge on any atom is -0.312 e. The van der Waals surface area contributed by atoms with Crippen LogP contribution >= 0.6 is 0 Å². The number of aryl methyl sites for hydroxylation is 1. The number of fused-ring (bicyclic) bond motifs is 1. The average Bonchev–Trinajstić information content (AvgIpc) is 3.02. The van der Waals surface area contributed by atoms with Crippen molar-refractivity contribution < 1.29 is 13.2 Å². The first-order valence-electron chi connectivity index (χ1n) is 9.38. The van der Waals surface area contributed by atoms with Crippen molar-refractivity contribution in [2.24, 2.45) is 5.92 Å². The van der Waals surface area contributed by atoms with Crippen LogP contribution in [0.5, 0.6) is 0 Å². The number of carbonyl (C=O) groups excluding carboxylic acids is 1. The van der Waals surface area contributed by atoms with Crippen LogP contribution in [-0.4, -0.2) is 27.9 Å². The van der Waals surface area contributed by atoms with E-state index in [1.54, 1.807) is 31.3 Å². The summed E-state index contributed by atoms with van der Waals surface area (Å²) in [6.07, 6.45) is 3.77. The zero-order valence-electron chi connectivity index (χ0n) is 15.7. The Kier molecular flexibility index (Phi) is 4.46. The highest BCUT2D eigenvalue weighted by Gasteiger charge is 2.34. The van der Waals surface area contributed by atoms with Crippen LogP contribution in [0.15, 0.2) is 47.4 Å². The molecule has 1 saturated carbocycles. The second-order valence-corrected chi connectivity index (χ2v) is 9.44. The molecule has 1 amide bonds. The minimum absolute atomic E-state index is 0.145. The molecule has 5 nitrogen and oxygen atoms in total. The fraction of sp³-hybridized carbons (Fsp3) is 0.381. The first-order valence-corrected chi connectivity index (χ1v) is 10.8. The summed E-state index contributed by atoms with van der Waals surface area (Å²) in [6, 6.07) is 12.6. The van der Waals surface area contributed by atoms with Crippen molar-refractivity contribution in [3.05, 3.63) is 53.6 Å². The van der Waals surface area contributed by atoms with Crippen molar-refractivity contribution in [1.29, 1.82) is 0 Å². The van der Waals surface area contributed by atoms with Crippen LogP contribution in [0, 0.1) is 12.8 Å². The van der Waals surface area contributed by atoms with Gasteiger partial charge in [-0.2, -0.15) is 0 Å². The number of hydrogen-bond donors (Lipinski definition) is 0. The van der Waals surface area contributed by atoms with Crippen molar-refractivity contribution in [2.45, 2.75) is 37.5 Å². The van der Waals surface area contributed by atoms with Gasteiger partial charge < -0.3 is 4.90 Å². The molecular formula is C21H24N2O3S. The van der Waals surface area contributed by atoms with E-state index in [9.17, 15) is 13.2 Å². The number of rotatable bonds is 4. The fourth-order valence-corrected chi connectivity index (χ4v) is 5.00. The van der Waals surface area contributed by atoms with Crippen LogP contribution in [0.2, 0.25) is 0 Å². The van der Waals surface area contributed by atoms with E-state index >= 15 is 0 Å². The second-order valence-electron chi connectivity index (χ2n) is 7.47. The number of nitrogens with zero attached hydrogens (tertiary/aromatic N) is 2. The molecule has 0 atom stereocenters. The van der Waals surface area contributed by atoms with Gasteiger partial charge in [-0.25, -0.2) is 8.42 Å². The van der Waals surface area contributed by atoms with Gasteiger partial charge in [-0.15, -0.1) is 0 Å². The number of sulfonamides is 1. The maximum absolute atomic E-state index is 13.1. The molecule has 142 valence electrons. The number of anilines is 2. The predicted octanol–water partition coefficient (Wildman–Crippen LogP) is 3.51. The van der Waals surface area contributed by atoms with Crippen LogP contribution in [0.4, 0.5) is 11.4 Å². The average molecular weight is 385 g/mol. The number of benzene rings is 2. The third kappa shape index (κ3) is 3.12. The molecule has 0 saturated heterocycles. The maximum Gasteiger partial charge on any atom is 0.264 e. The summed E-state index contributed by atoms with van der Waals surface area (Å²) in [4.78, 5) is 14.7. The van der Waals surface area contributed by atoms with Crippen molar-refractivity contribution in [2.75, 3.05) is 22.8 Å². The molecule has 4 rings (SSSR count). The quantitative estimate of drug-likeness (QED) is 0.811. The summed E-state index contributed by atoms with van der Waals surface area (Å²) >= 11 is 0. The van der Waals surface area contributed by atoms with Gasteiger partial charge in [0.05, 0.1) is 10.6 Å². The van der Waals surface area contributed by atoms with Crippen molar-refractivity contribution in [3.8, 4) is 0 Å². The van der Waals surface area contributed by atoms with E-state index in [1.165, 1.54) is 4.31 Å². The molecule has 27 heavy (non-hydrogen) atoms. The summed E-state index contributed by atoms with van der Waals surface area (Å²) in [6.45, 7) is 2.58. The van der Waals surface area contributed by atoms with Crippen LogP contribution < -0.4 is 9.21 Å². The fourth-order valence-electron chi connectivity index (χ4n) is 3.76. The normalized spacial score (nSPS) is 16.7. The molecule has 2 aromatic carbocycles.